The van der Waals surface area contributed by atoms with Crippen molar-refractivity contribution in [3.05, 3.63) is 76.4 Å². The van der Waals surface area contributed by atoms with E-state index in [1.54, 1.807) is 30.5 Å². The number of fused-ring (bicyclic) bond motifs is 1. The maximum atomic E-state index is 13.4. The molecule has 0 radical (unpaired) electrons. The fourth-order valence-corrected chi connectivity index (χ4v) is 4.33. The van der Waals surface area contributed by atoms with Gasteiger partial charge >= 0.3 is 0 Å². The van der Waals surface area contributed by atoms with E-state index in [1.807, 2.05) is 22.6 Å². The second-order valence-electron chi connectivity index (χ2n) is 6.02. The van der Waals surface area contributed by atoms with E-state index in [2.05, 4.69) is 19.7 Å². The summed E-state index contributed by atoms with van der Waals surface area (Å²) in [7, 11) is -3.93. The Bertz CT molecular complexity index is 1330. The van der Waals surface area contributed by atoms with Gasteiger partial charge in [-0.25, -0.2) is 27.8 Å². The third-order valence-corrected chi connectivity index (χ3v) is 6.29. The molecule has 0 saturated heterocycles. The van der Waals surface area contributed by atoms with Crippen LogP contribution in [0.4, 0.5) is 14.5 Å². The summed E-state index contributed by atoms with van der Waals surface area (Å²) in [6.07, 6.45) is 2.61. The van der Waals surface area contributed by atoms with E-state index < -0.39 is 21.8 Å². The number of benzene rings is 2. The molecule has 10 heteroatoms. The number of hydrogen-bond acceptors (Lipinski definition) is 5. The molecule has 0 atom stereocenters. The van der Waals surface area contributed by atoms with Crippen LogP contribution >= 0.6 is 22.6 Å². The van der Waals surface area contributed by atoms with Crippen LogP contribution in [0.2, 0.25) is 0 Å². The lowest BCUT2D eigenvalue weighted by atomic mass is 10.1. The van der Waals surface area contributed by atoms with Gasteiger partial charge in [-0.3, -0.25) is 4.72 Å². The SMILES string of the molecule is O=S(=O)(Nc1cc(-c2ccc3ncc(F)nc3c2)cnc1I)c1ccc(F)cc1. The van der Waals surface area contributed by atoms with E-state index in [1.165, 1.54) is 12.1 Å². The third kappa shape index (κ3) is 4.17. The topological polar surface area (TPSA) is 84.8 Å². The Morgan fingerprint density at radius 3 is 2.38 bits per heavy atom. The van der Waals surface area contributed by atoms with Crippen molar-refractivity contribution in [2.45, 2.75) is 4.90 Å². The van der Waals surface area contributed by atoms with E-state index in [-0.39, 0.29) is 10.6 Å². The van der Waals surface area contributed by atoms with Crippen LogP contribution in [0, 0.1) is 15.5 Å². The summed E-state index contributed by atoms with van der Waals surface area (Å²) < 4.78 is 54.6. The third-order valence-electron chi connectivity index (χ3n) is 4.05. The minimum atomic E-state index is -3.93. The molecule has 0 amide bonds. The van der Waals surface area contributed by atoms with Crippen molar-refractivity contribution in [3.63, 3.8) is 0 Å². The summed E-state index contributed by atoms with van der Waals surface area (Å²) >= 11 is 1.91. The first-order valence-corrected chi connectivity index (χ1v) is 10.7. The zero-order chi connectivity index (χ0) is 20.6. The summed E-state index contributed by atoms with van der Waals surface area (Å²) in [5.74, 6) is -1.22. The van der Waals surface area contributed by atoms with E-state index in [0.29, 0.717) is 25.9 Å². The van der Waals surface area contributed by atoms with Crippen LogP contribution < -0.4 is 4.72 Å². The molecule has 0 aliphatic carbocycles. The molecule has 0 saturated carbocycles. The molecule has 4 rings (SSSR count). The highest BCUT2D eigenvalue weighted by Crippen LogP contribution is 2.28. The molecule has 0 aliphatic heterocycles. The second kappa shape index (κ2) is 7.59. The number of hydrogen-bond donors (Lipinski definition) is 1. The van der Waals surface area contributed by atoms with E-state index in [9.17, 15) is 17.2 Å². The normalized spacial score (nSPS) is 11.6. The molecule has 0 aliphatic rings. The van der Waals surface area contributed by atoms with Crippen molar-refractivity contribution in [3.8, 4) is 11.1 Å². The van der Waals surface area contributed by atoms with Crippen molar-refractivity contribution >= 4 is 49.3 Å². The molecular formula is C19H11F2IN4O2S. The highest BCUT2D eigenvalue weighted by Gasteiger charge is 2.17. The van der Waals surface area contributed by atoms with Gasteiger partial charge in [0.05, 0.1) is 27.8 Å². The van der Waals surface area contributed by atoms with Crippen molar-refractivity contribution in [1.82, 2.24) is 15.0 Å². The van der Waals surface area contributed by atoms with Gasteiger partial charge in [-0.1, -0.05) is 6.07 Å². The van der Waals surface area contributed by atoms with Crippen LogP contribution in [-0.4, -0.2) is 23.4 Å². The van der Waals surface area contributed by atoms with Gasteiger partial charge in [0.1, 0.15) is 9.52 Å². The number of nitrogens with one attached hydrogen (secondary N) is 1. The lowest BCUT2D eigenvalue weighted by Crippen LogP contribution is -2.14. The average molecular weight is 524 g/mol. The molecule has 29 heavy (non-hydrogen) atoms. The Kier molecular flexibility index (Phi) is 5.13. The maximum Gasteiger partial charge on any atom is 0.261 e. The molecule has 0 bridgehead atoms. The number of nitrogens with zero attached hydrogens (tertiary/aromatic N) is 3. The fourth-order valence-electron chi connectivity index (χ4n) is 2.66. The Labute approximate surface area is 178 Å². The van der Waals surface area contributed by atoms with E-state index in [4.69, 9.17) is 0 Å². The number of anilines is 1. The molecule has 1 N–H and O–H groups in total. The van der Waals surface area contributed by atoms with Crippen molar-refractivity contribution in [2.24, 2.45) is 0 Å². The molecule has 4 aromatic rings. The average Bonchev–Trinajstić information content (AvgIpc) is 2.69. The monoisotopic (exact) mass is 524 g/mol. The van der Waals surface area contributed by atoms with Crippen molar-refractivity contribution in [1.29, 1.82) is 0 Å². The van der Waals surface area contributed by atoms with Crippen LogP contribution in [0.25, 0.3) is 22.2 Å². The molecule has 2 heterocycles. The first-order valence-electron chi connectivity index (χ1n) is 8.18. The predicted molar refractivity (Wildman–Crippen MR) is 113 cm³/mol. The summed E-state index contributed by atoms with van der Waals surface area (Å²) in [4.78, 5) is 11.9. The van der Waals surface area contributed by atoms with Crippen LogP contribution in [0.1, 0.15) is 0 Å². The van der Waals surface area contributed by atoms with E-state index >= 15 is 0 Å². The minimum Gasteiger partial charge on any atom is -0.277 e. The number of pyridine rings is 1. The summed E-state index contributed by atoms with van der Waals surface area (Å²) in [6.45, 7) is 0. The van der Waals surface area contributed by atoms with Gasteiger partial charge in [0.25, 0.3) is 10.0 Å². The quantitative estimate of drug-likeness (QED) is 0.317. The standard InChI is InChI=1S/C19H11F2IN4O2S/c20-13-2-4-14(5-3-13)29(27,28)26-17-8-12(9-24-19(17)22)11-1-6-15-16(7-11)25-18(21)10-23-15/h1-10,26H. The van der Waals surface area contributed by atoms with Gasteiger partial charge in [0.2, 0.25) is 5.95 Å². The molecule has 6 nitrogen and oxygen atoms in total. The zero-order valence-corrected chi connectivity index (χ0v) is 17.4. The van der Waals surface area contributed by atoms with Crippen LogP contribution in [-0.2, 0) is 10.0 Å². The van der Waals surface area contributed by atoms with Crippen molar-refractivity contribution in [2.75, 3.05) is 4.72 Å². The largest absolute Gasteiger partial charge is 0.277 e. The molecule has 0 spiro atoms. The fraction of sp³-hybridized carbons (Fsp3) is 0. The Morgan fingerprint density at radius 2 is 1.62 bits per heavy atom. The first-order chi connectivity index (χ1) is 13.8. The van der Waals surface area contributed by atoms with Crippen LogP contribution in [0.15, 0.2) is 65.8 Å². The van der Waals surface area contributed by atoms with Crippen LogP contribution in [0.3, 0.4) is 0 Å². The van der Waals surface area contributed by atoms with Crippen LogP contribution in [0.5, 0.6) is 0 Å². The predicted octanol–water partition coefficient (Wildman–Crippen LogP) is 4.38. The molecule has 2 aromatic carbocycles. The molecule has 0 fully saturated rings. The number of halogens is 3. The summed E-state index contributed by atoms with van der Waals surface area (Å²) in [6, 6.07) is 11.2. The molecular weight excluding hydrogens is 513 g/mol. The lowest BCUT2D eigenvalue weighted by molar-refractivity contribution is 0.583. The number of rotatable bonds is 4. The number of sulfonamides is 1. The number of aromatic nitrogens is 3. The van der Waals surface area contributed by atoms with Gasteiger partial charge in [-0.15, -0.1) is 0 Å². The Hall–Kier alpha value is -2.73. The maximum absolute atomic E-state index is 13.4. The van der Waals surface area contributed by atoms with Gasteiger partial charge in [-0.2, -0.15) is 4.39 Å². The van der Waals surface area contributed by atoms with Crippen molar-refractivity contribution < 1.29 is 17.2 Å². The molecule has 146 valence electrons. The lowest BCUT2D eigenvalue weighted by Gasteiger charge is -2.11. The Balaban J connectivity index is 1.72. The van der Waals surface area contributed by atoms with E-state index in [0.717, 1.165) is 18.3 Å². The van der Waals surface area contributed by atoms with Gasteiger partial charge in [0, 0.05) is 11.8 Å². The summed E-state index contributed by atoms with van der Waals surface area (Å²) in [5.41, 5.74) is 2.44. The van der Waals surface area contributed by atoms with Gasteiger partial charge in [-0.05, 0) is 70.6 Å². The zero-order valence-electron chi connectivity index (χ0n) is 14.5. The highest BCUT2D eigenvalue weighted by molar-refractivity contribution is 14.1. The molecule has 2 aromatic heterocycles. The first kappa shape index (κ1) is 19.6. The Morgan fingerprint density at radius 1 is 0.862 bits per heavy atom. The van der Waals surface area contributed by atoms with Gasteiger partial charge in [0.15, 0.2) is 0 Å². The highest BCUT2D eigenvalue weighted by atomic mass is 127. The van der Waals surface area contributed by atoms with Gasteiger partial charge < -0.3 is 0 Å². The molecule has 0 unspecified atom stereocenters. The second-order valence-corrected chi connectivity index (χ2v) is 8.72. The minimum absolute atomic E-state index is 0.0726. The summed E-state index contributed by atoms with van der Waals surface area (Å²) in [5, 5.41) is 0. The smallest absolute Gasteiger partial charge is 0.261 e.